The van der Waals surface area contributed by atoms with Crippen molar-refractivity contribution in [3.05, 3.63) is 48.5 Å². The van der Waals surface area contributed by atoms with E-state index in [1.54, 1.807) is 60.5 Å². The lowest BCUT2D eigenvalue weighted by atomic mass is 10.1. The highest BCUT2D eigenvalue weighted by Crippen LogP contribution is 2.29. The Balaban J connectivity index is 1.24. The van der Waals surface area contributed by atoms with Crippen molar-refractivity contribution in [1.82, 2.24) is 10.2 Å². The summed E-state index contributed by atoms with van der Waals surface area (Å²) in [5, 5.41) is 16.4. The zero-order chi connectivity index (χ0) is 26.4. The molecule has 13 heteroatoms. The molecule has 3 aromatic rings. The molecule has 0 spiro atoms. The van der Waals surface area contributed by atoms with E-state index in [2.05, 4.69) is 26.1 Å². The second-order valence-electron chi connectivity index (χ2n) is 8.06. The molecule has 1 aliphatic rings. The fourth-order valence-electron chi connectivity index (χ4n) is 3.59. The molecule has 192 valence electrons. The van der Waals surface area contributed by atoms with Crippen molar-refractivity contribution in [1.29, 1.82) is 0 Å². The summed E-state index contributed by atoms with van der Waals surface area (Å²) in [4.78, 5) is 50.1. The third kappa shape index (κ3) is 7.05. The van der Waals surface area contributed by atoms with Gasteiger partial charge in [0, 0.05) is 37.0 Å². The van der Waals surface area contributed by atoms with E-state index in [1.165, 1.54) is 18.7 Å². The molecule has 3 N–H and O–H groups in total. The van der Waals surface area contributed by atoms with Gasteiger partial charge in [-0.3, -0.25) is 19.2 Å². The number of anilines is 4. The van der Waals surface area contributed by atoms with Crippen molar-refractivity contribution in [2.45, 2.75) is 17.7 Å². The molecule has 2 aromatic carbocycles. The molecule has 1 fully saturated rings. The van der Waals surface area contributed by atoms with Gasteiger partial charge in [-0.1, -0.05) is 23.1 Å². The standard InChI is InChI=1S/C24H24N6O5S2/c1-14(31)25-16-3-5-17(6-4-16)26-20(32)13-36-24-29-28-23(37-24)27-22(34)15-11-21(33)30(12-15)18-7-9-19(35-2)10-8-18/h3-10,15H,11-13H2,1-2H3,(H,25,31)(H,26,32)(H,27,28,34)/t15-/m0/s1. The van der Waals surface area contributed by atoms with E-state index in [0.717, 1.165) is 11.3 Å². The molecule has 0 bridgehead atoms. The average molecular weight is 541 g/mol. The number of ether oxygens (including phenoxy) is 1. The summed E-state index contributed by atoms with van der Waals surface area (Å²) in [5.41, 5.74) is 1.94. The van der Waals surface area contributed by atoms with Gasteiger partial charge in [-0.2, -0.15) is 0 Å². The minimum atomic E-state index is -0.516. The lowest BCUT2D eigenvalue weighted by Crippen LogP contribution is -2.28. The third-order valence-corrected chi connectivity index (χ3v) is 7.30. The first kappa shape index (κ1) is 26.1. The zero-order valence-corrected chi connectivity index (χ0v) is 21.6. The molecular formula is C24H24N6O5S2. The van der Waals surface area contributed by atoms with E-state index in [9.17, 15) is 19.2 Å². The van der Waals surface area contributed by atoms with Crippen molar-refractivity contribution >= 4 is 68.9 Å². The number of carbonyl (C=O) groups is 4. The van der Waals surface area contributed by atoms with Crippen LogP contribution in [0.4, 0.5) is 22.2 Å². The minimum absolute atomic E-state index is 0.101. The summed E-state index contributed by atoms with van der Waals surface area (Å²) in [5.74, 6) is -0.576. The van der Waals surface area contributed by atoms with Crippen LogP contribution in [0.15, 0.2) is 52.9 Å². The predicted octanol–water partition coefficient (Wildman–Crippen LogP) is 3.23. The van der Waals surface area contributed by atoms with E-state index >= 15 is 0 Å². The number of methoxy groups -OCH3 is 1. The van der Waals surface area contributed by atoms with E-state index < -0.39 is 5.92 Å². The molecule has 1 atom stereocenters. The lowest BCUT2D eigenvalue weighted by molar-refractivity contribution is -0.122. The summed E-state index contributed by atoms with van der Waals surface area (Å²) in [6.45, 7) is 1.69. The van der Waals surface area contributed by atoms with Crippen LogP contribution in [0.1, 0.15) is 13.3 Å². The normalized spacial score (nSPS) is 14.8. The van der Waals surface area contributed by atoms with Crippen LogP contribution in [0, 0.1) is 5.92 Å². The highest BCUT2D eigenvalue weighted by molar-refractivity contribution is 8.01. The van der Waals surface area contributed by atoms with Crippen molar-refractivity contribution in [2.24, 2.45) is 5.92 Å². The zero-order valence-electron chi connectivity index (χ0n) is 20.0. The van der Waals surface area contributed by atoms with Gasteiger partial charge < -0.3 is 25.6 Å². The third-order valence-electron chi connectivity index (χ3n) is 5.33. The van der Waals surface area contributed by atoms with Gasteiger partial charge in [0.05, 0.1) is 18.8 Å². The van der Waals surface area contributed by atoms with E-state index in [4.69, 9.17) is 4.74 Å². The van der Waals surface area contributed by atoms with E-state index in [0.29, 0.717) is 32.3 Å². The number of carbonyl (C=O) groups excluding carboxylic acids is 4. The molecule has 0 aliphatic carbocycles. The summed E-state index contributed by atoms with van der Waals surface area (Å²) in [6.07, 6.45) is 0.101. The predicted molar refractivity (Wildman–Crippen MR) is 142 cm³/mol. The smallest absolute Gasteiger partial charge is 0.234 e. The Morgan fingerprint density at radius 3 is 2.35 bits per heavy atom. The van der Waals surface area contributed by atoms with Gasteiger partial charge in [-0.15, -0.1) is 10.2 Å². The molecule has 0 radical (unpaired) electrons. The molecule has 37 heavy (non-hydrogen) atoms. The Labute approximate surface area is 221 Å². The van der Waals surface area contributed by atoms with E-state index in [-0.39, 0.29) is 42.3 Å². The molecule has 1 aromatic heterocycles. The van der Waals surface area contributed by atoms with Crippen molar-refractivity contribution in [3.8, 4) is 5.75 Å². The Hall–Kier alpha value is -3.97. The van der Waals surface area contributed by atoms with Crippen LogP contribution >= 0.6 is 23.1 Å². The number of hydrogen-bond donors (Lipinski definition) is 3. The summed E-state index contributed by atoms with van der Waals surface area (Å²) in [7, 11) is 1.57. The number of nitrogens with one attached hydrogen (secondary N) is 3. The highest BCUT2D eigenvalue weighted by atomic mass is 32.2. The minimum Gasteiger partial charge on any atom is -0.497 e. The van der Waals surface area contributed by atoms with Gasteiger partial charge in [0.1, 0.15) is 5.75 Å². The maximum atomic E-state index is 12.7. The number of nitrogens with zero attached hydrogens (tertiary/aromatic N) is 3. The molecule has 2 heterocycles. The maximum Gasteiger partial charge on any atom is 0.234 e. The Morgan fingerprint density at radius 2 is 1.70 bits per heavy atom. The first-order chi connectivity index (χ1) is 17.8. The summed E-state index contributed by atoms with van der Waals surface area (Å²) in [6, 6.07) is 13.9. The van der Waals surface area contributed by atoms with Gasteiger partial charge in [0.25, 0.3) is 0 Å². The molecule has 1 aliphatic heterocycles. The largest absolute Gasteiger partial charge is 0.497 e. The van der Waals surface area contributed by atoms with Gasteiger partial charge in [-0.05, 0) is 48.5 Å². The van der Waals surface area contributed by atoms with Crippen LogP contribution in [-0.4, -0.2) is 53.2 Å². The molecule has 0 unspecified atom stereocenters. The van der Waals surface area contributed by atoms with Crippen molar-refractivity contribution in [2.75, 3.05) is 40.3 Å². The summed E-state index contributed by atoms with van der Waals surface area (Å²) < 4.78 is 5.67. The van der Waals surface area contributed by atoms with Crippen LogP contribution < -0.4 is 25.6 Å². The second kappa shape index (κ2) is 11.8. The van der Waals surface area contributed by atoms with Crippen LogP contribution in [0.3, 0.4) is 0 Å². The first-order valence-corrected chi connectivity index (χ1v) is 13.0. The number of rotatable bonds is 9. The second-order valence-corrected chi connectivity index (χ2v) is 10.3. The molecule has 1 saturated heterocycles. The van der Waals surface area contributed by atoms with Crippen LogP contribution in [0.5, 0.6) is 5.75 Å². The SMILES string of the molecule is COc1ccc(N2C[C@@H](C(=O)Nc3nnc(SCC(=O)Nc4ccc(NC(C)=O)cc4)s3)CC2=O)cc1. The van der Waals surface area contributed by atoms with Gasteiger partial charge in [-0.25, -0.2) is 0 Å². The quantitative estimate of drug-likeness (QED) is 0.277. The molecule has 4 amide bonds. The van der Waals surface area contributed by atoms with Crippen LogP contribution in [0.2, 0.25) is 0 Å². The number of amides is 4. The average Bonchev–Trinajstić information content (AvgIpc) is 3.50. The molecule has 4 rings (SSSR count). The van der Waals surface area contributed by atoms with Gasteiger partial charge in [0.2, 0.25) is 28.8 Å². The number of hydrogen-bond acceptors (Lipinski definition) is 9. The Morgan fingerprint density at radius 1 is 1.03 bits per heavy atom. The van der Waals surface area contributed by atoms with Crippen LogP contribution in [-0.2, 0) is 19.2 Å². The lowest BCUT2D eigenvalue weighted by Gasteiger charge is -2.16. The fraction of sp³-hybridized carbons (Fsp3) is 0.250. The number of benzene rings is 2. The van der Waals surface area contributed by atoms with E-state index in [1.807, 2.05) is 0 Å². The molecule has 0 saturated carbocycles. The topological polar surface area (TPSA) is 143 Å². The maximum absolute atomic E-state index is 12.7. The van der Waals surface area contributed by atoms with Crippen molar-refractivity contribution in [3.63, 3.8) is 0 Å². The summed E-state index contributed by atoms with van der Waals surface area (Å²) >= 11 is 2.35. The van der Waals surface area contributed by atoms with Gasteiger partial charge in [0.15, 0.2) is 4.34 Å². The Kier molecular flexibility index (Phi) is 8.36. The first-order valence-electron chi connectivity index (χ1n) is 11.2. The number of thioether (sulfide) groups is 1. The van der Waals surface area contributed by atoms with Crippen molar-refractivity contribution < 1.29 is 23.9 Å². The molecule has 11 nitrogen and oxygen atoms in total. The number of aromatic nitrogens is 2. The monoisotopic (exact) mass is 540 g/mol. The Bertz CT molecular complexity index is 1300. The van der Waals surface area contributed by atoms with Gasteiger partial charge >= 0.3 is 0 Å². The van der Waals surface area contributed by atoms with Crippen LogP contribution in [0.25, 0.3) is 0 Å². The fourth-order valence-corrected chi connectivity index (χ4v) is 5.14. The highest BCUT2D eigenvalue weighted by Gasteiger charge is 2.35. The molecular weight excluding hydrogens is 516 g/mol.